The third-order valence-electron chi connectivity index (χ3n) is 2.80. The molecule has 17 heavy (non-hydrogen) atoms. The first-order valence-electron chi connectivity index (χ1n) is 5.80. The highest BCUT2D eigenvalue weighted by Crippen LogP contribution is 2.24. The van der Waals surface area contributed by atoms with E-state index in [0.29, 0.717) is 0 Å². The Balaban J connectivity index is 1.79. The topological polar surface area (TPSA) is 34.1 Å². The molecule has 1 atom stereocenters. The highest BCUT2D eigenvalue weighted by atomic mass is 32.1. The lowest BCUT2D eigenvalue weighted by Crippen LogP contribution is -2.20. The molecule has 3 rings (SSSR count). The van der Waals surface area contributed by atoms with Crippen molar-refractivity contribution in [3.05, 3.63) is 35.7 Å². The van der Waals surface area contributed by atoms with Crippen molar-refractivity contribution in [2.24, 2.45) is 0 Å². The van der Waals surface area contributed by atoms with Crippen LogP contribution in [0.5, 0.6) is 5.88 Å². The predicted octanol–water partition coefficient (Wildman–Crippen LogP) is 2.55. The largest absolute Gasteiger partial charge is 0.473 e. The highest BCUT2D eigenvalue weighted by molar-refractivity contribution is 7.13. The Hall–Kier alpha value is -1.39. The molecule has 1 fully saturated rings. The molecule has 3 heterocycles. The maximum absolute atomic E-state index is 5.85. The van der Waals surface area contributed by atoms with E-state index in [0.717, 1.165) is 31.1 Å². The molecule has 2 aromatic heterocycles. The minimum Gasteiger partial charge on any atom is -0.473 e. The summed E-state index contributed by atoms with van der Waals surface area (Å²) in [5.41, 5.74) is 0.989. The monoisotopic (exact) mass is 246 g/mol. The molecule has 1 aliphatic rings. The number of hydrogen-bond acceptors (Lipinski definition) is 4. The van der Waals surface area contributed by atoms with Crippen molar-refractivity contribution in [3.8, 4) is 16.5 Å². The van der Waals surface area contributed by atoms with E-state index in [9.17, 15) is 0 Å². The number of nitrogens with one attached hydrogen (secondary N) is 1. The second kappa shape index (κ2) is 4.85. The Labute approximate surface area is 104 Å². The van der Waals surface area contributed by atoms with Gasteiger partial charge in [0.15, 0.2) is 0 Å². The zero-order valence-electron chi connectivity index (χ0n) is 9.43. The van der Waals surface area contributed by atoms with Crippen LogP contribution in [-0.2, 0) is 0 Å². The van der Waals surface area contributed by atoms with E-state index in [2.05, 4.69) is 21.7 Å². The van der Waals surface area contributed by atoms with Gasteiger partial charge in [-0.2, -0.15) is 0 Å². The number of pyridine rings is 1. The van der Waals surface area contributed by atoms with Crippen molar-refractivity contribution in [2.45, 2.75) is 12.5 Å². The Morgan fingerprint density at radius 3 is 3.06 bits per heavy atom. The van der Waals surface area contributed by atoms with Crippen LogP contribution in [0.3, 0.4) is 0 Å². The molecule has 0 spiro atoms. The summed E-state index contributed by atoms with van der Waals surface area (Å²) in [7, 11) is 0. The first kappa shape index (κ1) is 10.7. The molecule has 1 N–H and O–H groups in total. The van der Waals surface area contributed by atoms with E-state index in [1.807, 2.05) is 24.3 Å². The molecule has 0 saturated carbocycles. The van der Waals surface area contributed by atoms with Crippen molar-refractivity contribution in [1.29, 1.82) is 0 Å². The van der Waals surface area contributed by atoms with Gasteiger partial charge >= 0.3 is 0 Å². The summed E-state index contributed by atoms with van der Waals surface area (Å²) in [5, 5.41) is 5.34. The first-order chi connectivity index (χ1) is 8.42. The summed E-state index contributed by atoms with van der Waals surface area (Å²) in [5.74, 6) is 0.726. The van der Waals surface area contributed by atoms with Gasteiger partial charge in [0.25, 0.3) is 0 Å². The lowest BCUT2D eigenvalue weighted by atomic mass is 10.3. The smallest absolute Gasteiger partial charge is 0.214 e. The van der Waals surface area contributed by atoms with E-state index < -0.39 is 0 Å². The Kier molecular flexibility index (Phi) is 3.07. The van der Waals surface area contributed by atoms with E-state index in [4.69, 9.17) is 4.74 Å². The highest BCUT2D eigenvalue weighted by Gasteiger charge is 2.16. The van der Waals surface area contributed by atoms with Crippen LogP contribution < -0.4 is 10.1 Å². The van der Waals surface area contributed by atoms with Gasteiger partial charge in [0.05, 0.1) is 10.6 Å². The fourth-order valence-corrected chi connectivity index (χ4v) is 2.64. The number of aromatic nitrogens is 1. The quantitative estimate of drug-likeness (QED) is 0.903. The van der Waals surface area contributed by atoms with Crippen LogP contribution in [0.1, 0.15) is 6.42 Å². The van der Waals surface area contributed by atoms with Gasteiger partial charge in [-0.05, 0) is 30.5 Å². The van der Waals surface area contributed by atoms with Crippen LogP contribution in [-0.4, -0.2) is 24.2 Å². The van der Waals surface area contributed by atoms with Crippen molar-refractivity contribution in [3.63, 3.8) is 0 Å². The third kappa shape index (κ3) is 2.48. The average molecular weight is 246 g/mol. The van der Waals surface area contributed by atoms with Crippen LogP contribution in [0.4, 0.5) is 0 Å². The van der Waals surface area contributed by atoms with E-state index in [1.165, 1.54) is 4.88 Å². The third-order valence-corrected chi connectivity index (χ3v) is 3.69. The molecular weight excluding hydrogens is 232 g/mol. The maximum Gasteiger partial charge on any atom is 0.214 e. The van der Waals surface area contributed by atoms with Gasteiger partial charge in [0, 0.05) is 12.6 Å². The number of rotatable bonds is 3. The lowest BCUT2D eigenvalue weighted by molar-refractivity contribution is 0.214. The number of hydrogen-bond donors (Lipinski definition) is 1. The molecule has 1 aliphatic heterocycles. The molecule has 3 nitrogen and oxygen atoms in total. The van der Waals surface area contributed by atoms with Gasteiger partial charge in [-0.3, -0.25) is 0 Å². The van der Waals surface area contributed by atoms with Crippen molar-refractivity contribution < 1.29 is 4.74 Å². The van der Waals surface area contributed by atoms with Crippen LogP contribution in [0.15, 0.2) is 35.7 Å². The zero-order valence-corrected chi connectivity index (χ0v) is 10.2. The van der Waals surface area contributed by atoms with Gasteiger partial charge < -0.3 is 10.1 Å². The molecule has 0 aromatic carbocycles. The van der Waals surface area contributed by atoms with Gasteiger partial charge in [0.1, 0.15) is 6.10 Å². The van der Waals surface area contributed by atoms with Gasteiger partial charge in [-0.1, -0.05) is 12.1 Å². The van der Waals surface area contributed by atoms with Gasteiger partial charge in [-0.15, -0.1) is 11.3 Å². The summed E-state index contributed by atoms with van der Waals surface area (Å²) < 4.78 is 5.85. The van der Waals surface area contributed by atoms with Crippen LogP contribution >= 0.6 is 11.3 Å². The molecule has 2 aromatic rings. The van der Waals surface area contributed by atoms with Crippen LogP contribution in [0.2, 0.25) is 0 Å². The molecular formula is C13H14N2OS. The molecule has 0 amide bonds. The van der Waals surface area contributed by atoms with Crippen molar-refractivity contribution in [2.75, 3.05) is 13.1 Å². The SMILES string of the molecule is c1cc(OC2CCNC2)nc(-c2cccs2)c1. The van der Waals surface area contributed by atoms with E-state index >= 15 is 0 Å². The van der Waals surface area contributed by atoms with Crippen molar-refractivity contribution in [1.82, 2.24) is 10.3 Å². The van der Waals surface area contributed by atoms with E-state index in [1.54, 1.807) is 11.3 Å². The molecule has 88 valence electrons. The summed E-state index contributed by atoms with van der Waals surface area (Å²) in [6, 6.07) is 10.1. The maximum atomic E-state index is 5.85. The summed E-state index contributed by atoms with van der Waals surface area (Å²) >= 11 is 1.70. The second-order valence-corrected chi connectivity index (χ2v) is 5.02. The number of thiophene rings is 1. The van der Waals surface area contributed by atoms with Crippen LogP contribution in [0.25, 0.3) is 10.6 Å². The first-order valence-corrected chi connectivity index (χ1v) is 6.68. The summed E-state index contributed by atoms with van der Waals surface area (Å²) in [6.07, 6.45) is 1.33. The standard InChI is InChI=1S/C13H14N2OS/c1-3-11(12-4-2-8-17-12)15-13(5-1)16-10-6-7-14-9-10/h1-5,8,10,14H,6-7,9H2. The summed E-state index contributed by atoms with van der Waals surface area (Å²) in [4.78, 5) is 5.72. The molecule has 0 bridgehead atoms. The van der Waals surface area contributed by atoms with Gasteiger partial charge in [0.2, 0.25) is 5.88 Å². The Morgan fingerprint density at radius 1 is 1.29 bits per heavy atom. The molecule has 0 radical (unpaired) electrons. The molecule has 1 unspecified atom stereocenters. The molecule has 4 heteroatoms. The van der Waals surface area contributed by atoms with Crippen LogP contribution in [0, 0.1) is 0 Å². The fourth-order valence-electron chi connectivity index (χ4n) is 1.94. The second-order valence-electron chi connectivity index (χ2n) is 4.07. The minimum absolute atomic E-state index is 0.265. The minimum atomic E-state index is 0.265. The lowest BCUT2D eigenvalue weighted by Gasteiger charge is -2.11. The summed E-state index contributed by atoms with van der Waals surface area (Å²) in [6.45, 7) is 1.96. The average Bonchev–Trinajstić information content (AvgIpc) is 3.01. The fraction of sp³-hybridized carbons (Fsp3) is 0.308. The van der Waals surface area contributed by atoms with E-state index in [-0.39, 0.29) is 6.10 Å². The molecule has 1 saturated heterocycles. The Morgan fingerprint density at radius 2 is 2.29 bits per heavy atom. The predicted molar refractivity (Wildman–Crippen MR) is 69.5 cm³/mol. The number of ether oxygens (including phenoxy) is 1. The number of nitrogens with zero attached hydrogens (tertiary/aromatic N) is 1. The van der Waals surface area contributed by atoms with Gasteiger partial charge in [-0.25, -0.2) is 4.98 Å². The normalized spacial score (nSPS) is 19.4. The Bertz CT molecular complexity index is 478. The van der Waals surface area contributed by atoms with Crippen molar-refractivity contribution >= 4 is 11.3 Å². The molecule has 0 aliphatic carbocycles. The zero-order chi connectivity index (χ0) is 11.5.